The van der Waals surface area contributed by atoms with Crippen molar-refractivity contribution < 1.29 is 4.92 Å². The van der Waals surface area contributed by atoms with E-state index in [4.69, 9.17) is 5.73 Å². The first-order valence-corrected chi connectivity index (χ1v) is 7.12. The normalized spacial score (nSPS) is 14.3. The number of rotatable bonds is 3. The number of halogens is 1. The van der Waals surface area contributed by atoms with E-state index in [9.17, 15) is 10.1 Å². The fourth-order valence-electron chi connectivity index (χ4n) is 2.47. The van der Waals surface area contributed by atoms with Crippen LogP contribution in [0, 0.1) is 10.1 Å². The van der Waals surface area contributed by atoms with E-state index in [1.165, 1.54) is 16.9 Å². The second kappa shape index (κ2) is 6.38. The molecule has 1 aliphatic heterocycles. The highest BCUT2D eigenvalue weighted by Gasteiger charge is 2.19. The van der Waals surface area contributed by atoms with Crippen LogP contribution in [0.25, 0.3) is 0 Å². The van der Waals surface area contributed by atoms with Crippen LogP contribution in [0.5, 0.6) is 0 Å². The summed E-state index contributed by atoms with van der Waals surface area (Å²) < 4.78 is 0. The van der Waals surface area contributed by atoms with Crippen LogP contribution >= 0.6 is 23.7 Å². The summed E-state index contributed by atoms with van der Waals surface area (Å²) in [5, 5.41) is 11.4. The van der Waals surface area contributed by atoms with E-state index in [0.717, 1.165) is 36.5 Å². The lowest BCUT2D eigenvalue weighted by Gasteiger charge is -2.27. The first-order chi connectivity index (χ1) is 9.61. The third-order valence-corrected chi connectivity index (χ3v) is 4.25. The molecule has 0 atom stereocenters. The fourth-order valence-corrected chi connectivity index (χ4v) is 3.19. The predicted octanol–water partition coefficient (Wildman–Crippen LogP) is 2.61. The van der Waals surface area contributed by atoms with E-state index >= 15 is 0 Å². The van der Waals surface area contributed by atoms with Gasteiger partial charge < -0.3 is 5.73 Å². The van der Waals surface area contributed by atoms with Crippen LogP contribution in [-0.2, 0) is 19.5 Å². The molecule has 0 radical (unpaired) electrons. The van der Waals surface area contributed by atoms with E-state index in [1.54, 1.807) is 18.3 Å². The van der Waals surface area contributed by atoms with Gasteiger partial charge in [0.1, 0.15) is 0 Å². The van der Waals surface area contributed by atoms with Gasteiger partial charge in [0.2, 0.25) is 0 Å². The highest BCUT2D eigenvalue weighted by atomic mass is 35.5. The zero-order valence-corrected chi connectivity index (χ0v) is 12.8. The molecule has 0 saturated carbocycles. The molecule has 3 rings (SSSR count). The lowest BCUT2D eigenvalue weighted by molar-refractivity contribution is -0.385. The topological polar surface area (TPSA) is 85.3 Å². The zero-order chi connectivity index (χ0) is 14.1. The summed E-state index contributed by atoms with van der Waals surface area (Å²) in [4.78, 5) is 17.9. The maximum absolute atomic E-state index is 10.8. The predicted molar refractivity (Wildman–Crippen MR) is 84.7 cm³/mol. The minimum atomic E-state index is -0.344. The zero-order valence-electron chi connectivity index (χ0n) is 11.2. The van der Waals surface area contributed by atoms with Crippen LogP contribution in [-0.4, -0.2) is 21.4 Å². The van der Waals surface area contributed by atoms with Crippen LogP contribution in [0.4, 0.5) is 10.8 Å². The number of hydrogen-bond acceptors (Lipinski definition) is 6. The first kappa shape index (κ1) is 15.7. The molecule has 8 heteroatoms. The van der Waals surface area contributed by atoms with Crippen LogP contribution in [0.3, 0.4) is 0 Å². The van der Waals surface area contributed by atoms with Gasteiger partial charge >= 0.3 is 0 Å². The molecular formula is C13H15ClN4O2S. The summed E-state index contributed by atoms with van der Waals surface area (Å²) in [6.45, 7) is 2.47. The molecule has 1 aliphatic rings. The van der Waals surface area contributed by atoms with Crippen LogP contribution in [0.15, 0.2) is 24.4 Å². The van der Waals surface area contributed by atoms with E-state index in [0.29, 0.717) is 5.13 Å². The third-order valence-electron chi connectivity index (χ3n) is 3.44. The number of non-ortho nitro benzene ring substituents is 1. The van der Waals surface area contributed by atoms with Crippen molar-refractivity contribution in [3.05, 3.63) is 50.5 Å². The molecule has 21 heavy (non-hydrogen) atoms. The number of hydrogen-bond donors (Lipinski definition) is 1. The second-order valence-corrected chi connectivity index (χ2v) is 5.98. The second-order valence-electron chi connectivity index (χ2n) is 4.84. The van der Waals surface area contributed by atoms with Gasteiger partial charge in [-0.3, -0.25) is 15.0 Å². The highest BCUT2D eigenvalue weighted by Crippen LogP contribution is 2.26. The van der Waals surface area contributed by atoms with Crippen molar-refractivity contribution in [1.29, 1.82) is 0 Å². The number of nitrogens with two attached hydrogens (primary N) is 1. The van der Waals surface area contributed by atoms with Crippen molar-refractivity contribution in [2.75, 3.05) is 12.3 Å². The van der Waals surface area contributed by atoms with Crippen LogP contribution < -0.4 is 5.73 Å². The summed E-state index contributed by atoms with van der Waals surface area (Å²) in [7, 11) is 0. The SMILES string of the molecule is Cl.Nc1ncc(CN2CCc3ccc([N+](=O)[O-])cc3C2)s1. The molecule has 1 aromatic carbocycles. The van der Waals surface area contributed by atoms with Gasteiger partial charge in [-0.1, -0.05) is 6.07 Å². The maximum atomic E-state index is 10.8. The lowest BCUT2D eigenvalue weighted by atomic mass is 9.99. The lowest BCUT2D eigenvalue weighted by Crippen LogP contribution is -2.29. The minimum absolute atomic E-state index is 0. The number of nitrogen functional groups attached to an aromatic ring is 1. The summed E-state index contributed by atoms with van der Waals surface area (Å²) in [6, 6.07) is 5.14. The van der Waals surface area contributed by atoms with E-state index in [1.807, 2.05) is 6.07 Å². The van der Waals surface area contributed by atoms with Crippen molar-refractivity contribution in [3.63, 3.8) is 0 Å². The van der Waals surface area contributed by atoms with Crippen molar-refractivity contribution in [2.45, 2.75) is 19.5 Å². The van der Waals surface area contributed by atoms with Gasteiger partial charge in [-0.25, -0.2) is 4.98 Å². The number of thiazole rings is 1. The van der Waals surface area contributed by atoms with Crippen LogP contribution in [0.2, 0.25) is 0 Å². The molecule has 2 heterocycles. The monoisotopic (exact) mass is 326 g/mol. The Morgan fingerprint density at radius 3 is 2.90 bits per heavy atom. The molecule has 0 spiro atoms. The molecule has 0 saturated heterocycles. The Morgan fingerprint density at radius 2 is 2.24 bits per heavy atom. The van der Waals surface area contributed by atoms with Crippen molar-refractivity contribution >= 4 is 34.6 Å². The fraction of sp³-hybridized carbons (Fsp3) is 0.308. The quantitative estimate of drug-likeness (QED) is 0.692. The standard InChI is InChI=1S/C13H14N4O2S.ClH/c14-13-15-6-12(20-13)8-16-4-3-9-1-2-11(17(18)19)5-10(9)7-16;/h1-2,5-6H,3-4,7-8H2,(H2,14,15);1H. The smallest absolute Gasteiger partial charge is 0.269 e. The Balaban J connectivity index is 0.00000161. The summed E-state index contributed by atoms with van der Waals surface area (Å²) in [5.74, 6) is 0. The van der Waals surface area contributed by atoms with Crippen molar-refractivity contribution in [3.8, 4) is 0 Å². The number of aromatic nitrogens is 1. The summed E-state index contributed by atoms with van der Waals surface area (Å²) in [5.41, 5.74) is 8.04. The van der Waals surface area contributed by atoms with Crippen LogP contribution in [0.1, 0.15) is 16.0 Å². The molecule has 0 bridgehead atoms. The molecule has 6 nitrogen and oxygen atoms in total. The molecule has 1 aromatic heterocycles. The molecule has 0 aliphatic carbocycles. The number of nitro groups is 1. The van der Waals surface area contributed by atoms with Gasteiger partial charge in [0, 0.05) is 42.8 Å². The van der Waals surface area contributed by atoms with Gasteiger partial charge in [-0.15, -0.1) is 23.7 Å². The average molecular weight is 327 g/mol. The molecule has 0 unspecified atom stereocenters. The third kappa shape index (κ3) is 3.49. The van der Waals surface area contributed by atoms with Gasteiger partial charge in [0.05, 0.1) is 4.92 Å². The van der Waals surface area contributed by atoms with E-state index < -0.39 is 0 Å². The number of nitro benzene ring substituents is 1. The van der Waals surface area contributed by atoms with Crippen molar-refractivity contribution in [1.82, 2.24) is 9.88 Å². The Labute approximate surface area is 132 Å². The van der Waals surface area contributed by atoms with E-state index in [2.05, 4.69) is 9.88 Å². The molecule has 0 fully saturated rings. The largest absolute Gasteiger partial charge is 0.375 e. The number of benzene rings is 1. The Hall–Kier alpha value is -1.70. The Bertz CT molecular complexity index is 661. The molecule has 0 amide bonds. The Kier molecular flexibility index (Phi) is 4.76. The van der Waals surface area contributed by atoms with Gasteiger partial charge in [0.25, 0.3) is 5.69 Å². The Morgan fingerprint density at radius 1 is 1.43 bits per heavy atom. The van der Waals surface area contributed by atoms with E-state index in [-0.39, 0.29) is 23.0 Å². The number of anilines is 1. The van der Waals surface area contributed by atoms with Gasteiger partial charge in [0.15, 0.2) is 5.13 Å². The van der Waals surface area contributed by atoms with Gasteiger partial charge in [-0.05, 0) is 17.5 Å². The minimum Gasteiger partial charge on any atom is -0.375 e. The number of fused-ring (bicyclic) bond motifs is 1. The summed E-state index contributed by atoms with van der Waals surface area (Å²) in [6.07, 6.45) is 2.71. The molecule has 112 valence electrons. The molecule has 2 aromatic rings. The molecular weight excluding hydrogens is 312 g/mol. The van der Waals surface area contributed by atoms with Gasteiger partial charge in [-0.2, -0.15) is 0 Å². The molecule has 2 N–H and O–H groups in total. The summed E-state index contributed by atoms with van der Waals surface area (Å²) >= 11 is 1.49. The highest BCUT2D eigenvalue weighted by molar-refractivity contribution is 7.15. The number of nitrogens with zero attached hydrogens (tertiary/aromatic N) is 3. The maximum Gasteiger partial charge on any atom is 0.269 e. The van der Waals surface area contributed by atoms with Crippen molar-refractivity contribution in [2.24, 2.45) is 0 Å². The average Bonchev–Trinajstić information content (AvgIpc) is 2.83. The first-order valence-electron chi connectivity index (χ1n) is 6.30.